The second-order valence-corrected chi connectivity index (χ2v) is 8.08. The Hall–Kier alpha value is -1.89. The van der Waals surface area contributed by atoms with Crippen LogP contribution in [0.1, 0.15) is 43.0 Å². The molecule has 124 valence electrons. The summed E-state index contributed by atoms with van der Waals surface area (Å²) in [6.07, 6.45) is 4.16. The molecule has 1 aliphatic heterocycles. The van der Waals surface area contributed by atoms with Gasteiger partial charge in [0, 0.05) is 6.04 Å². The molecule has 6 nitrogen and oxygen atoms in total. The van der Waals surface area contributed by atoms with Crippen molar-refractivity contribution in [2.75, 3.05) is 6.54 Å². The summed E-state index contributed by atoms with van der Waals surface area (Å²) in [6.45, 7) is 1.62. The summed E-state index contributed by atoms with van der Waals surface area (Å²) in [5, 5.41) is 2.88. The summed E-state index contributed by atoms with van der Waals surface area (Å²) in [6, 6.07) is 6.09. The molecule has 2 atom stereocenters. The van der Waals surface area contributed by atoms with E-state index in [9.17, 15) is 18.0 Å². The molecule has 0 aromatic heterocycles. The fourth-order valence-electron chi connectivity index (χ4n) is 3.30. The summed E-state index contributed by atoms with van der Waals surface area (Å²) in [5.41, 5.74) is 0.131. The third kappa shape index (κ3) is 2.85. The van der Waals surface area contributed by atoms with E-state index in [4.69, 9.17) is 0 Å². The molecule has 2 aliphatic rings. The van der Waals surface area contributed by atoms with Gasteiger partial charge in [-0.2, -0.15) is 0 Å². The first kappa shape index (κ1) is 16.0. The van der Waals surface area contributed by atoms with Gasteiger partial charge in [0.25, 0.3) is 15.9 Å². The molecule has 2 amide bonds. The van der Waals surface area contributed by atoms with Crippen molar-refractivity contribution in [2.24, 2.45) is 5.92 Å². The number of carbonyl (C=O) groups excluding carboxylic acids is 2. The molecule has 1 aromatic carbocycles. The molecule has 1 fully saturated rings. The predicted octanol–water partition coefficient (Wildman–Crippen LogP) is 1.53. The highest BCUT2D eigenvalue weighted by atomic mass is 32.2. The summed E-state index contributed by atoms with van der Waals surface area (Å²) in [7, 11) is -3.92. The van der Waals surface area contributed by atoms with Crippen LogP contribution >= 0.6 is 0 Å². The van der Waals surface area contributed by atoms with Crippen LogP contribution in [0.4, 0.5) is 0 Å². The van der Waals surface area contributed by atoms with Gasteiger partial charge in [0.2, 0.25) is 5.91 Å². The molecule has 0 spiro atoms. The lowest BCUT2D eigenvalue weighted by atomic mass is 9.86. The minimum Gasteiger partial charge on any atom is -0.352 e. The highest BCUT2D eigenvalue weighted by Gasteiger charge is 2.42. The number of carbonyl (C=O) groups is 2. The first-order valence-electron chi connectivity index (χ1n) is 7.86. The first-order valence-corrected chi connectivity index (χ1v) is 9.30. The van der Waals surface area contributed by atoms with Crippen molar-refractivity contribution in [3.63, 3.8) is 0 Å². The molecule has 0 bridgehead atoms. The fourth-order valence-corrected chi connectivity index (χ4v) is 4.83. The van der Waals surface area contributed by atoms with Gasteiger partial charge < -0.3 is 5.32 Å². The van der Waals surface area contributed by atoms with Crippen molar-refractivity contribution in [1.29, 1.82) is 0 Å². The zero-order chi connectivity index (χ0) is 16.6. The zero-order valence-corrected chi connectivity index (χ0v) is 13.8. The van der Waals surface area contributed by atoms with Crippen molar-refractivity contribution in [1.82, 2.24) is 9.62 Å². The number of nitrogens with one attached hydrogen (secondary N) is 1. The van der Waals surface area contributed by atoms with Gasteiger partial charge in [-0.15, -0.1) is 0 Å². The van der Waals surface area contributed by atoms with Crippen LogP contribution in [-0.4, -0.2) is 37.1 Å². The van der Waals surface area contributed by atoms with Gasteiger partial charge in [-0.3, -0.25) is 9.59 Å². The molecular weight excluding hydrogens is 316 g/mol. The Morgan fingerprint density at radius 1 is 1.26 bits per heavy atom. The van der Waals surface area contributed by atoms with Gasteiger partial charge in [-0.1, -0.05) is 31.9 Å². The average molecular weight is 336 g/mol. The van der Waals surface area contributed by atoms with Crippen LogP contribution < -0.4 is 5.32 Å². The maximum Gasteiger partial charge on any atom is 0.269 e. The summed E-state index contributed by atoms with van der Waals surface area (Å²) >= 11 is 0. The van der Waals surface area contributed by atoms with E-state index in [0.717, 1.165) is 25.7 Å². The zero-order valence-electron chi connectivity index (χ0n) is 13.0. The van der Waals surface area contributed by atoms with E-state index in [1.807, 2.05) is 0 Å². The number of hydrogen-bond acceptors (Lipinski definition) is 4. The van der Waals surface area contributed by atoms with Crippen LogP contribution in [0.15, 0.2) is 29.2 Å². The molecule has 7 heteroatoms. The third-order valence-corrected chi connectivity index (χ3v) is 6.44. The van der Waals surface area contributed by atoms with Crippen LogP contribution in [0.2, 0.25) is 0 Å². The normalized spacial score (nSPS) is 26.0. The third-order valence-electron chi connectivity index (χ3n) is 4.66. The lowest BCUT2D eigenvalue weighted by molar-refractivity contribution is -0.122. The summed E-state index contributed by atoms with van der Waals surface area (Å²) < 4.78 is 25.5. The second kappa shape index (κ2) is 5.96. The standard InChI is InChI=1S/C16H20N2O4S/c1-11-6-2-4-8-13(11)17-15(19)10-18-16(20)12-7-3-5-9-14(12)23(18,21)22/h3,5,7,9,11,13H,2,4,6,8,10H2,1H3,(H,17,19)/t11-,13-/m1/s1. The number of sulfonamides is 1. The lowest BCUT2D eigenvalue weighted by Crippen LogP contribution is -2.46. The molecule has 3 rings (SSSR count). The van der Waals surface area contributed by atoms with Crippen LogP contribution in [-0.2, 0) is 14.8 Å². The molecule has 1 aliphatic carbocycles. The average Bonchev–Trinajstić information content (AvgIpc) is 2.71. The molecular formula is C16H20N2O4S. The molecule has 1 saturated carbocycles. The van der Waals surface area contributed by atoms with Gasteiger partial charge in [0.05, 0.1) is 5.56 Å². The topological polar surface area (TPSA) is 83.6 Å². The Balaban J connectivity index is 1.73. The van der Waals surface area contributed by atoms with E-state index in [0.29, 0.717) is 10.2 Å². The van der Waals surface area contributed by atoms with Gasteiger partial charge in [-0.05, 0) is 30.9 Å². The lowest BCUT2D eigenvalue weighted by Gasteiger charge is -2.30. The fraction of sp³-hybridized carbons (Fsp3) is 0.500. The molecule has 1 aromatic rings. The van der Waals surface area contributed by atoms with E-state index < -0.39 is 28.4 Å². The quantitative estimate of drug-likeness (QED) is 0.907. The van der Waals surface area contributed by atoms with Gasteiger partial charge in [0.1, 0.15) is 11.4 Å². The van der Waals surface area contributed by atoms with Crippen molar-refractivity contribution < 1.29 is 18.0 Å². The first-order chi connectivity index (χ1) is 10.9. The Kier molecular flexibility index (Phi) is 4.14. The number of benzene rings is 1. The number of hydrogen-bond donors (Lipinski definition) is 1. The van der Waals surface area contributed by atoms with Gasteiger partial charge in [-0.25, -0.2) is 12.7 Å². The maximum atomic E-state index is 12.4. The SMILES string of the molecule is C[C@@H]1CCCC[C@H]1NC(=O)CN1C(=O)c2ccccc2S1(=O)=O. The molecule has 0 unspecified atom stereocenters. The monoisotopic (exact) mass is 336 g/mol. The number of rotatable bonds is 3. The largest absolute Gasteiger partial charge is 0.352 e. The van der Waals surface area contributed by atoms with Crippen molar-refractivity contribution in [3.8, 4) is 0 Å². The Bertz CT molecular complexity index is 744. The second-order valence-electron chi connectivity index (χ2n) is 6.25. The van der Waals surface area contributed by atoms with E-state index in [1.54, 1.807) is 12.1 Å². The molecule has 0 saturated heterocycles. The summed E-state index contributed by atoms with van der Waals surface area (Å²) in [5.74, 6) is -0.684. The molecule has 0 radical (unpaired) electrons. The number of nitrogens with zero attached hydrogens (tertiary/aromatic N) is 1. The minimum absolute atomic E-state index is 0.0242. The van der Waals surface area contributed by atoms with Crippen molar-refractivity contribution in [2.45, 2.75) is 43.5 Å². The van der Waals surface area contributed by atoms with Gasteiger partial charge >= 0.3 is 0 Å². The van der Waals surface area contributed by atoms with Crippen LogP contribution in [0.3, 0.4) is 0 Å². The van der Waals surface area contributed by atoms with Crippen LogP contribution in [0.25, 0.3) is 0 Å². The van der Waals surface area contributed by atoms with E-state index in [2.05, 4.69) is 12.2 Å². The predicted molar refractivity (Wildman–Crippen MR) is 84.2 cm³/mol. The number of fused-ring (bicyclic) bond motifs is 1. The smallest absolute Gasteiger partial charge is 0.269 e. The van der Waals surface area contributed by atoms with Crippen LogP contribution in [0.5, 0.6) is 0 Å². The van der Waals surface area contributed by atoms with Crippen molar-refractivity contribution in [3.05, 3.63) is 29.8 Å². The summed E-state index contributed by atoms with van der Waals surface area (Å²) in [4.78, 5) is 24.5. The minimum atomic E-state index is -3.92. The molecule has 1 N–H and O–H groups in total. The highest BCUT2D eigenvalue weighted by Crippen LogP contribution is 2.29. The van der Waals surface area contributed by atoms with Crippen molar-refractivity contribution >= 4 is 21.8 Å². The molecule has 23 heavy (non-hydrogen) atoms. The molecule has 1 heterocycles. The highest BCUT2D eigenvalue weighted by molar-refractivity contribution is 7.90. The van der Waals surface area contributed by atoms with E-state index in [-0.39, 0.29) is 16.5 Å². The Labute approximate surface area is 135 Å². The van der Waals surface area contributed by atoms with Crippen LogP contribution in [0, 0.1) is 5.92 Å². The van der Waals surface area contributed by atoms with E-state index >= 15 is 0 Å². The Morgan fingerprint density at radius 3 is 2.65 bits per heavy atom. The number of amides is 2. The maximum absolute atomic E-state index is 12.4. The van der Waals surface area contributed by atoms with Gasteiger partial charge in [0.15, 0.2) is 0 Å². The Morgan fingerprint density at radius 2 is 1.96 bits per heavy atom. The van der Waals surface area contributed by atoms with E-state index in [1.165, 1.54) is 12.1 Å².